The smallest absolute Gasteiger partial charge is 0.264 e. The molecule has 1 aliphatic heterocycles. The van der Waals surface area contributed by atoms with Crippen LogP contribution < -0.4 is 0 Å². The van der Waals surface area contributed by atoms with Crippen LogP contribution >= 0.6 is 0 Å². The van der Waals surface area contributed by atoms with Crippen LogP contribution in [0.4, 0.5) is 0 Å². The Morgan fingerprint density at radius 1 is 0.864 bits per heavy atom. The average molecular weight is 358 g/mol. The molecule has 0 unspecified atom stereocenters. The molecular formula is C12H22O8S2. The van der Waals surface area contributed by atoms with E-state index in [4.69, 9.17) is 17.8 Å². The van der Waals surface area contributed by atoms with Gasteiger partial charge in [-0.05, 0) is 12.8 Å². The summed E-state index contributed by atoms with van der Waals surface area (Å²) in [5.41, 5.74) is 0. The quantitative estimate of drug-likeness (QED) is 0.628. The Hall–Kier alpha value is -0.260. The Morgan fingerprint density at radius 2 is 1.27 bits per heavy atom. The molecule has 1 saturated heterocycles. The standard InChI is InChI=1S/C12H22O8S2/c1-21(13,14)17-8-10-11(9-18-22(2,15)16)20-12(19-10)6-4-3-5-7-12/h10-11H,3-9H2,1-2H3/t10-,11+. The molecule has 1 aliphatic carbocycles. The molecule has 22 heavy (non-hydrogen) atoms. The third-order valence-electron chi connectivity index (χ3n) is 3.66. The molecule has 8 nitrogen and oxygen atoms in total. The topological polar surface area (TPSA) is 105 Å². The zero-order valence-electron chi connectivity index (χ0n) is 12.7. The summed E-state index contributed by atoms with van der Waals surface area (Å²) in [6.45, 7) is -0.448. The predicted molar refractivity (Wildman–Crippen MR) is 77.2 cm³/mol. The van der Waals surface area contributed by atoms with E-state index in [0.29, 0.717) is 12.8 Å². The molecule has 2 fully saturated rings. The van der Waals surface area contributed by atoms with Gasteiger partial charge in [-0.3, -0.25) is 8.37 Å². The van der Waals surface area contributed by atoms with E-state index in [1.807, 2.05) is 0 Å². The van der Waals surface area contributed by atoms with Crippen molar-refractivity contribution in [2.45, 2.75) is 50.1 Å². The molecule has 0 amide bonds. The van der Waals surface area contributed by atoms with Gasteiger partial charge in [0, 0.05) is 12.8 Å². The van der Waals surface area contributed by atoms with Crippen LogP contribution in [0.5, 0.6) is 0 Å². The highest BCUT2D eigenvalue weighted by molar-refractivity contribution is 7.86. The second-order valence-electron chi connectivity index (χ2n) is 5.76. The Labute approximate surface area is 131 Å². The summed E-state index contributed by atoms with van der Waals surface area (Å²) in [7, 11) is -7.23. The molecule has 0 aromatic rings. The molecule has 0 aromatic heterocycles. The lowest BCUT2D eigenvalue weighted by molar-refractivity contribution is -0.196. The molecule has 2 rings (SSSR count). The van der Waals surface area contributed by atoms with Gasteiger partial charge in [0.15, 0.2) is 5.79 Å². The fourth-order valence-corrected chi connectivity index (χ4v) is 3.48. The van der Waals surface area contributed by atoms with E-state index >= 15 is 0 Å². The van der Waals surface area contributed by atoms with Crippen molar-refractivity contribution in [2.75, 3.05) is 25.7 Å². The minimum Gasteiger partial charge on any atom is -0.341 e. The van der Waals surface area contributed by atoms with Gasteiger partial charge in [0.05, 0.1) is 25.7 Å². The maximum atomic E-state index is 11.1. The summed E-state index contributed by atoms with van der Waals surface area (Å²) in [5, 5.41) is 0. The van der Waals surface area contributed by atoms with Crippen LogP contribution in [-0.2, 0) is 38.1 Å². The number of hydrogen-bond donors (Lipinski definition) is 0. The second kappa shape index (κ2) is 6.70. The van der Waals surface area contributed by atoms with Crippen LogP contribution in [0.2, 0.25) is 0 Å². The van der Waals surface area contributed by atoms with Crippen molar-refractivity contribution in [3.8, 4) is 0 Å². The van der Waals surface area contributed by atoms with E-state index in [1.54, 1.807) is 0 Å². The second-order valence-corrected chi connectivity index (χ2v) is 9.05. The van der Waals surface area contributed by atoms with Gasteiger partial charge < -0.3 is 9.47 Å². The van der Waals surface area contributed by atoms with Crippen molar-refractivity contribution in [2.24, 2.45) is 0 Å². The van der Waals surface area contributed by atoms with Gasteiger partial charge in [-0.1, -0.05) is 6.42 Å². The molecule has 0 aromatic carbocycles. The highest BCUT2D eigenvalue weighted by Gasteiger charge is 2.48. The van der Waals surface area contributed by atoms with Crippen molar-refractivity contribution >= 4 is 20.2 Å². The monoisotopic (exact) mass is 358 g/mol. The van der Waals surface area contributed by atoms with Gasteiger partial charge in [0.1, 0.15) is 12.2 Å². The molecule has 0 N–H and O–H groups in total. The largest absolute Gasteiger partial charge is 0.341 e. The highest BCUT2D eigenvalue weighted by Crippen LogP contribution is 2.40. The Balaban J connectivity index is 2.04. The van der Waals surface area contributed by atoms with E-state index in [-0.39, 0.29) is 13.2 Å². The van der Waals surface area contributed by atoms with Crippen LogP contribution in [0.3, 0.4) is 0 Å². The minimum atomic E-state index is -3.62. The fourth-order valence-electron chi connectivity index (χ4n) is 2.72. The third-order valence-corrected chi connectivity index (χ3v) is 4.78. The number of rotatable bonds is 6. The molecule has 10 heteroatoms. The summed E-state index contributed by atoms with van der Waals surface area (Å²) >= 11 is 0. The first-order valence-electron chi connectivity index (χ1n) is 7.13. The van der Waals surface area contributed by atoms with Gasteiger partial charge in [0.2, 0.25) is 0 Å². The summed E-state index contributed by atoms with van der Waals surface area (Å²) in [6.07, 6.45) is 4.88. The molecule has 1 spiro atoms. The van der Waals surface area contributed by atoms with Crippen molar-refractivity contribution in [3.63, 3.8) is 0 Å². The van der Waals surface area contributed by atoms with E-state index in [2.05, 4.69) is 0 Å². The lowest BCUT2D eigenvalue weighted by Crippen LogP contribution is -2.34. The molecule has 2 atom stereocenters. The van der Waals surface area contributed by atoms with Crippen LogP contribution in [-0.4, -0.2) is 60.6 Å². The summed E-state index contributed by atoms with van der Waals surface area (Å²) in [4.78, 5) is 0. The van der Waals surface area contributed by atoms with Crippen LogP contribution in [0.1, 0.15) is 32.1 Å². The summed E-state index contributed by atoms with van der Waals surface area (Å²) < 4.78 is 65.8. The van der Waals surface area contributed by atoms with Crippen molar-refractivity contribution in [1.29, 1.82) is 0 Å². The fraction of sp³-hybridized carbons (Fsp3) is 1.00. The highest BCUT2D eigenvalue weighted by atomic mass is 32.2. The van der Waals surface area contributed by atoms with E-state index in [1.165, 1.54) is 0 Å². The lowest BCUT2D eigenvalue weighted by Gasteiger charge is -2.31. The number of ether oxygens (including phenoxy) is 2. The third kappa shape index (κ3) is 5.43. The first-order chi connectivity index (χ1) is 10.1. The first kappa shape index (κ1) is 18.1. The maximum Gasteiger partial charge on any atom is 0.264 e. The van der Waals surface area contributed by atoms with E-state index in [0.717, 1.165) is 31.8 Å². The van der Waals surface area contributed by atoms with Gasteiger partial charge in [0.25, 0.3) is 20.2 Å². The lowest BCUT2D eigenvalue weighted by atomic mass is 9.94. The van der Waals surface area contributed by atoms with Crippen LogP contribution in [0.25, 0.3) is 0 Å². The van der Waals surface area contributed by atoms with Gasteiger partial charge >= 0.3 is 0 Å². The summed E-state index contributed by atoms with van der Waals surface area (Å²) in [5.74, 6) is -0.782. The average Bonchev–Trinajstić information content (AvgIpc) is 2.71. The molecule has 130 valence electrons. The molecule has 0 radical (unpaired) electrons. The first-order valence-corrected chi connectivity index (χ1v) is 10.8. The molecule has 1 saturated carbocycles. The van der Waals surface area contributed by atoms with Gasteiger partial charge in [-0.25, -0.2) is 0 Å². The summed E-state index contributed by atoms with van der Waals surface area (Å²) in [6, 6.07) is 0. The van der Waals surface area contributed by atoms with E-state index in [9.17, 15) is 16.8 Å². The van der Waals surface area contributed by atoms with Gasteiger partial charge in [-0.2, -0.15) is 16.8 Å². The van der Waals surface area contributed by atoms with Crippen molar-refractivity contribution < 1.29 is 34.7 Å². The molecule has 1 heterocycles. The van der Waals surface area contributed by atoms with E-state index < -0.39 is 38.2 Å². The van der Waals surface area contributed by atoms with Crippen LogP contribution in [0, 0.1) is 0 Å². The Kier molecular flexibility index (Phi) is 5.50. The predicted octanol–water partition coefficient (Wildman–Crippen LogP) is 0.383. The maximum absolute atomic E-state index is 11.1. The SMILES string of the molecule is CS(=O)(=O)OC[C@@H]1OC2(CCCCC2)O[C@@H]1COS(C)(=O)=O. The zero-order valence-corrected chi connectivity index (χ0v) is 14.3. The molecule has 2 aliphatic rings. The van der Waals surface area contributed by atoms with Gasteiger partial charge in [-0.15, -0.1) is 0 Å². The Morgan fingerprint density at radius 3 is 1.64 bits per heavy atom. The molecule has 0 bridgehead atoms. The van der Waals surface area contributed by atoms with Crippen molar-refractivity contribution in [3.05, 3.63) is 0 Å². The van der Waals surface area contributed by atoms with Crippen LogP contribution in [0.15, 0.2) is 0 Å². The minimum absolute atomic E-state index is 0.224. The Bertz CT molecular complexity index is 530. The zero-order chi connectivity index (χ0) is 16.4. The normalized spacial score (nSPS) is 29.0. The molecular weight excluding hydrogens is 336 g/mol. The van der Waals surface area contributed by atoms with Crippen molar-refractivity contribution in [1.82, 2.24) is 0 Å². The number of hydrogen-bond acceptors (Lipinski definition) is 8.